The van der Waals surface area contributed by atoms with Crippen LogP contribution in [0, 0.1) is 17.6 Å². The highest BCUT2D eigenvalue weighted by Gasteiger charge is 2.35. The van der Waals surface area contributed by atoms with E-state index >= 15 is 0 Å². The summed E-state index contributed by atoms with van der Waals surface area (Å²) in [6.07, 6.45) is -2.93. The molecular weight excluding hydrogens is 445 g/mol. The zero-order valence-electron chi connectivity index (χ0n) is 17.6. The molecule has 176 valence electrons. The van der Waals surface area contributed by atoms with E-state index in [1.54, 1.807) is 4.90 Å². The summed E-state index contributed by atoms with van der Waals surface area (Å²) in [4.78, 5) is 27.9. The number of anilines is 2. The molecule has 5 nitrogen and oxygen atoms in total. The van der Waals surface area contributed by atoms with Crippen molar-refractivity contribution in [3.8, 4) is 0 Å². The predicted molar refractivity (Wildman–Crippen MR) is 111 cm³/mol. The Labute approximate surface area is 187 Å². The molecule has 1 N–H and O–H groups in total. The smallest absolute Gasteiger partial charge is 0.367 e. The molecule has 0 bridgehead atoms. The lowest BCUT2D eigenvalue weighted by atomic mass is 10.1. The predicted octanol–water partition coefficient (Wildman–Crippen LogP) is 4.57. The van der Waals surface area contributed by atoms with E-state index in [1.165, 1.54) is 17.0 Å². The van der Waals surface area contributed by atoms with Crippen molar-refractivity contribution in [3.05, 3.63) is 59.2 Å². The first-order valence-corrected chi connectivity index (χ1v) is 10.6. The zero-order valence-corrected chi connectivity index (χ0v) is 17.6. The average molecular weight is 467 g/mol. The van der Waals surface area contributed by atoms with E-state index in [9.17, 15) is 31.5 Å². The highest BCUT2D eigenvalue weighted by atomic mass is 19.4. The fourth-order valence-corrected chi connectivity index (χ4v) is 4.29. The Morgan fingerprint density at radius 3 is 2.36 bits per heavy atom. The maximum absolute atomic E-state index is 14.5. The number of nitrogens with zero attached hydrogens (tertiary/aromatic N) is 2. The van der Waals surface area contributed by atoms with Crippen molar-refractivity contribution in [2.24, 2.45) is 5.92 Å². The van der Waals surface area contributed by atoms with Gasteiger partial charge in [0, 0.05) is 38.3 Å². The number of rotatable bonds is 5. The van der Waals surface area contributed by atoms with Gasteiger partial charge in [0.05, 0.1) is 11.5 Å². The van der Waals surface area contributed by atoms with E-state index in [0.29, 0.717) is 18.7 Å². The summed E-state index contributed by atoms with van der Waals surface area (Å²) in [6, 6.07) is 6.74. The quantitative estimate of drug-likeness (QED) is 0.656. The van der Waals surface area contributed by atoms with Crippen LogP contribution in [-0.4, -0.2) is 36.3 Å². The van der Waals surface area contributed by atoms with Gasteiger partial charge in [0.1, 0.15) is 5.69 Å². The molecule has 0 spiro atoms. The van der Waals surface area contributed by atoms with Crippen molar-refractivity contribution in [2.45, 2.75) is 32.0 Å². The summed E-state index contributed by atoms with van der Waals surface area (Å²) in [6.45, 7) is 1.05. The topological polar surface area (TPSA) is 52.7 Å². The van der Waals surface area contributed by atoms with Crippen molar-refractivity contribution >= 4 is 23.2 Å². The van der Waals surface area contributed by atoms with Crippen LogP contribution in [0.25, 0.3) is 0 Å². The van der Waals surface area contributed by atoms with Gasteiger partial charge in [-0.25, -0.2) is 8.78 Å². The molecule has 4 rings (SSSR count). The van der Waals surface area contributed by atoms with Gasteiger partial charge in [-0.05, 0) is 42.7 Å². The van der Waals surface area contributed by atoms with Gasteiger partial charge in [-0.2, -0.15) is 13.2 Å². The van der Waals surface area contributed by atoms with Gasteiger partial charge in [0.15, 0.2) is 11.6 Å². The summed E-state index contributed by atoms with van der Waals surface area (Å²) in [5, 5.41) is 2.45. The monoisotopic (exact) mass is 467 g/mol. The maximum atomic E-state index is 14.5. The first kappa shape index (κ1) is 23.0. The molecule has 1 unspecified atom stereocenters. The normalized spacial score (nSPS) is 18.8. The fraction of sp³-hybridized carbons (Fsp3) is 0.391. The van der Waals surface area contributed by atoms with E-state index in [-0.39, 0.29) is 36.8 Å². The van der Waals surface area contributed by atoms with E-state index in [2.05, 4.69) is 5.32 Å². The molecule has 0 saturated carbocycles. The summed E-state index contributed by atoms with van der Waals surface area (Å²) in [5.41, 5.74) is -0.696. The summed E-state index contributed by atoms with van der Waals surface area (Å²) < 4.78 is 67.7. The number of hydrogen-bond donors (Lipinski definition) is 1. The van der Waals surface area contributed by atoms with E-state index in [0.717, 1.165) is 37.1 Å². The molecule has 0 aliphatic carbocycles. The summed E-state index contributed by atoms with van der Waals surface area (Å²) >= 11 is 0. The Morgan fingerprint density at radius 1 is 1.06 bits per heavy atom. The lowest BCUT2D eigenvalue weighted by molar-refractivity contribution is -0.137. The van der Waals surface area contributed by atoms with Crippen molar-refractivity contribution in [3.63, 3.8) is 0 Å². The van der Waals surface area contributed by atoms with Crippen LogP contribution in [0.3, 0.4) is 0 Å². The lowest BCUT2D eigenvalue weighted by Gasteiger charge is -2.20. The number of alkyl halides is 3. The number of nitrogens with one attached hydrogen (secondary N) is 1. The third-order valence-electron chi connectivity index (χ3n) is 5.92. The number of benzene rings is 2. The van der Waals surface area contributed by atoms with Crippen molar-refractivity contribution < 1.29 is 31.5 Å². The highest BCUT2D eigenvalue weighted by molar-refractivity contribution is 5.97. The third-order valence-corrected chi connectivity index (χ3v) is 5.92. The molecule has 0 radical (unpaired) electrons. The number of amides is 2. The summed E-state index contributed by atoms with van der Waals surface area (Å²) in [5.74, 6) is -3.30. The molecular formula is C23H22F5N3O2. The molecule has 2 aromatic rings. The van der Waals surface area contributed by atoms with Crippen LogP contribution in [0.15, 0.2) is 36.4 Å². The standard InChI is InChI=1S/C23H22F5N3O2/c24-18-10-17(11-19(25)21(18)30-6-1-2-7-30)29-22(33)15-9-20(32)31(13-15)12-14-4-3-5-16(8-14)23(26,27)28/h3-5,8,10-11,15H,1-2,6-7,9,12-13H2,(H,29,33). The Hall–Kier alpha value is -3.17. The molecule has 2 amide bonds. The lowest BCUT2D eigenvalue weighted by Crippen LogP contribution is -2.28. The second kappa shape index (κ2) is 8.99. The van der Waals surface area contributed by atoms with Crippen LogP contribution in [-0.2, 0) is 22.3 Å². The van der Waals surface area contributed by atoms with E-state index < -0.39 is 35.2 Å². The largest absolute Gasteiger partial charge is 0.416 e. The minimum absolute atomic E-state index is 0.00224. The van der Waals surface area contributed by atoms with Crippen LogP contribution in [0.4, 0.5) is 33.3 Å². The van der Waals surface area contributed by atoms with Gasteiger partial charge < -0.3 is 15.1 Å². The SMILES string of the molecule is O=C(Nc1cc(F)c(N2CCCC2)c(F)c1)C1CC(=O)N(Cc2cccc(C(F)(F)F)c2)C1. The minimum Gasteiger partial charge on any atom is -0.367 e. The summed E-state index contributed by atoms with van der Waals surface area (Å²) in [7, 11) is 0. The van der Waals surface area contributed by atoms with E-state index in [1.807, 2.05) is 0 Å². The molecule has 33 heavy (non-hydrogen) atoms. The molecule has 0 aromatic heterocycles. The zero-order chi connectivity index (χ0) is 23.8. The number of carbonyl (C=O) groups is 2. The van der Waals surface area contributed by atoms with Gasteiger partial charge in [-0.3, -0.25) is 9.59 Å². The highest BCUT2D eigenvalue weighted by Crippen LogP contribution is 2.32. The van der Waals surface area contributed by atoms with Gasteiger partial charge in [0.25, 0.3) is 0 Å². The number of likely N-dealkylation sites (tertiary alicyclic amines) is 1. The van der Waals surface area contributed by atoms with Gasteiger partial charge >= 0.3 is 6.18 Å². The molecule has 10 heteroatoms. The molecule has 2 aromatic carbocycles. The van der Waals surface area contributed by atoms with Gasteiger partial charge in [0.2, 0.25) is 11.8 Å². The van der Waals surface area contributed by atoms with Crippen LogP contribution >= 0.6 is 0 Å². The van der Waals surface area contributed by atoms with Crippen LogP contribution < -0.4 is 10.2 Å². The molecule has 2 heterocycles. The molecule has 1 atom stereocenters. The average Bonchev–Trinajstić information content (AvgIpc) is 3.38. The second-order valence-electron chi connectivity index (χ2n) is 8.35. The Morgan fingerprint density at radius 2 is 1.73 bits per heavy atom. The Balaban J connectivity index is 1.41. The maximum Gasteiger partial charge on any atom is 0.416 e. The van der Waals surface area contributed by atoms with Crippen molar-refractivity contribution in [2.75, 3.05) is 29.9 Å². The number of hydrogen-bond acceptors (Lipinski definition) is 3. The second-order valence-corrected chi connectivity index (χ2v) is 8.35. The van der Waals surface area contributed by atoms with E-state index in [4.69, 9.17) is 0 Å². The third kappa shape index (κ3) is 5.09. The van der Waals surface area contributed by atoms with Crippen LogP contribution in [0.1, 0.15) is 30.4 Å². The first-order valence-electron chi connectivity index (χ1n) is 10.6. The van der Waals surface area contributed by atoms with Crippen molar-refractivity contribution in [1.82, 2.24) is 4.90 Å². The van der Waals surface area contributed by atoms with Crippen molar-refractivity contribution in [1.29, 1.82) is 0 Å². The Kier molecular flexibility index (Phi) is 6.27. The van der Waals surface area contributed by atoms with Crippen LogP contribution in [0.2, 0.25) is 0 Å². The minimum atomic E-state index is -4.50. The Bertz CT molecular complexity index is 1040. The number of halogens is 5. The van der Waals surface area contributed by atoms with Gasteiger partial charge in [-0.15, -0.1) is 0 Å². The molecule has 2 aliphatic rings. The molecule has 2 fully saturated rings. The van der Waals surface area contributed by atoms with Crippen LogP contribution in [0.5, 0.6) is 0 Å². The molecule has 2 saturated heterocycles. The fourth-order valence-electron chi connectivity index (χ4n) is 4.29. The number of carbonyl (C=O) groups excluding carboxylic acids is 2. The first-order chi connectivity index (χ1) is 15.6. The van der Waals surface area contributed by atoms with Gasteiger partial charge in [-0.1, -0.05) is 12.1 Å². The molecule has 2 aliphatic heterocycles.